The highest BCUT2D eigenvalue weighted by molar-refractivity contribution is 7.89. The van der Waals surface area contributed by atoms with Gasteiger partial charge in [0.15, 0.2) is 0 Å². The van der Waals surface area contributed by atoms with Crippen molar-refractivity contribution in [2.75, 3.05) is 6.61 Å². The lowest BCUT2D eigenvalue weighted by atomic mass is 10.1. The second-order valence-electron chi connectivity index (χ2n) is 6.84. The fraction of sp³-hybridized carbons (Fsp3) is 0.217. The summed E-state index contributed by atoms with van der Waals surface area (Å²) in [5.74, 6) is 0.174. The van der Waals surface area contributed by atoms with Gasteiger partial charge in [-0.3, -0.25) is 9.78 Å². The number of pyridine rings is 1. The van der Waals surface area contributed by atoms with Crippen LogP contribution in [-0.4, -0.2) is 32.0 Å². The smallest absolute Gasteiger partial charge is 0.241 e. The summed E-state index contributed by atoms with van der Waals surface area (Å²) in [4.78, 5) is 16.9. The van der Waals surface area contributed by atoms with Gasteiger partial charge in [-0.05, 0) is 60.9 Å². The van der Waals surface area contributed by atoms with Crippen LogP contribution in [0.25, 0.3) is 0 Å². The number of ether oxygens (including phenoxy) is 1. The first kappa shape index (κ1) is 22.5. The Morgan fingerprint density at radius 1 is 0.968 bits per heavy atom. The first-order valence-corrected chi connectivity index (χ1v) is 11.4. The highest BCUT2D eigenvalue weighted by Crippen LogP contribution is 2.17. The number of benzene rings is 2. The molecule has 2 aromatic carbocycles. The van der Waals surface area contributed by atoms with Gasteiger partial charge in [-0.2, -0.15) is 4.72 Å². The van der Waals surface area contributed by atoms with Gasteiger partial charge < -0.3 is 10.1 Å². The van der Waals surface area contributed by atoms with Gasteiger partial charge in [-0.1, -0.05) is 30.3 Å². The minimum absolute atomic E-state index is 0.0657. The maximum absolute atomic E-state index is 12.9. The Labute approximate surface area is 182 Å². The molecule has 162 valence electrons. The molecule has 0 saturated heterocycles. The Hall–Kier alpha value is -3.23. The normalized spacial score (nSPS) is 12.2. The second kappa shape index (κ2) is 10.7. The number of aromatic nitrogens is 1. The molecule has 0 saturated carbocycles. The summed E-state index contributed by atoms with van der Waals surface area (Å²) in [6, 6.07) is 18.0. The summed E-state index contributed by atoms with van der Waals surface area (Å²) in [5.41, 5.74) is 1.72. The van der Waals surface area contributed by atoms with Crippen molar-refractivity contribution in [2.45, 2.75) is 30.8 Å². The monoisotopic (exact) mass is 439 g/mol. The molecule has 0 aliphatic carbocycles. The van der Waals surface area contributed by atoms with Gasteiger partial charge in [0.1, 0.15) is 11.8 Å². The zero-order chi connectivity index (χ0) is 22.1. The van der Waals surface area contributed by atoms with Crippen LogP contribution in [0.1, 0.15) is 18.1 Å². The van der Waals surface area contributed by atoms with Crippen molar-refractivity contribution in [1.29, 1.82) is 0 Å². The van der Waals surface area contributed by atoms with E-state index in [9.17, 15) is 13.2 Å². The molecule has 0 radical (unpaired) electrons. The fourth-order valence-corrected chi connectivity index (χ4v) is 4.18. The zero-order valence-electron chi connectivity index (χ0n) is 17.2. The summed E-state index contributed by atoms with van der Waals surface area (Å²) >= 11 is 0. The van der Waals surface area contributed by atoms with E-state index in [4.69, 9.17) is 4.74 Å². The minimum atomic E-state index is -3.92. The maximum atomic E-state index is 12.9. The van der Waals surface area contributed by atoms with Crippen LogP contribution in [0.3, 0.4) is 0 Å². The number of hydrogen-bond donors (Lipinski definition) is 2. The Bertz CT molecular complexity index is 1070. The highest BCUT2D eigenvalue weighted by Gasteiger charge is 2.26. The van der Waals surface area contributed by atoms with Crippen LogP contribution in [0.15, 0.2) is 84.0 Å². The first-order valence-electron chi connectivity index (χ1n) is 9.93. The van der Waals surface area contributed by atoms with Crippen molar-refractivity contribution >= 4 is 15.9 Å². The van der Waals surface area contributed by atoms with Gasteiger partial charge in [-0.25, -0.2) is 8.42 Å². The number of carbonyl (C=O) groups excluding carboxylic acids is 1. The molecular formula is C23H25N3O4S. The first-order chi connectivity index (χ1) is 15.0. The molecule has 8 heteroatoms. The SMILES string of the molecule is CCOc1ccc(S(=O)(=O)NC(Cc2ccccc2)C(=O)NCc2ccncc2)cc1. The molecule has 0 aliphatic rings. The maximum Gasteiger partial charge on any atom is 0.241 e. The molecule has 1 atom stereocenters. The zero-order valence-corrected chi connectivity index (χ0v) is 18.0. The van der Waals surface area contributed by atoms with Crippen molar-refractivity contribution in [3.8, 4) is 5.75 Å². The lowest BCUT2D eigenvalue weighted by Crippen LogP contribution is -2.47. The summed E-state index contributed by atoms with van der Waals surface area (Å²) < 4.78 is 33.8. The third kappa shape index (κ3) is 6.63. The van der Waals surface area contributed by atoms with Crippen LogP contribution >= 0.6 is 0 Å². The topological polar surface area (TPSA) is 97.4 Å². The average molecular weight is 440 g/mol. The Morgan fingerprint density at radius 3 is 2.29 bits per heavy atom. The molecule has 1 amide bonds. The number of carbonyl (C=O) groups is 1. The Morgan fingerprint density at radius 2 is 1.65 bits per heavy atom. The lowest BCUT2D eigenvalue weighted by Gasteiger charge is -2.19. The molecule has 0 fully saturated rings. The van der Waals surface area contributed by atoms with Gasteiger partial charge in [0.2, 0.25) is 15.9 Å². The molecule has 0 spiro atoms. The molecule has 3 rings (SSSR count). The van der Waals surface area contributed by atoms with E-state index in [0.29, 0.717) is 12.4 Å². The van der Waals surface area contributed by atoms with Gasteiger partial charge in [-0.15, -0.1) is 0 Å². The number of rotatable bonds is 10. The molecule has 3 aromatic rings. The molecule has 0 bridgehead atoms. The van der Waals surface area contributed by atoms with E-state index in [1.54, 1.807) is 36.7 Å². The molecule has 2 N–H and O–H groups in total. The molecule has 0 aliphatic heterocycles. The Balaban J connectivity index is 1.77. The molecule has 1 aromatic heterocycles. The Kier molecular flexibility index (Phi) is 7.75. The van der Waals surface area contributed by atoms with Crippen molar-refractivity contribution in [1.82, 2.24) is 15.0 Å². The van der Waals surface area contributed by atoms with Crippen LogP contribution in [0, 0.1) is 0 Å². The summed E-state index contributed by atoms with van der Waals surface area (Å²) in [6.07, 6.45) is 3.49. The van der Waals surface area contributed by atoms with Gasteiger partial charge in [0, 0.05) is 18.9 Å². The minimum Gasteiger partial charge on any atom is -0.494 e. The van der Waals surface area contributed by atoms with Gasteiger partial charge in [0.25, 0.3) is 0 Å². The molecular weight excluding hydrogens is 414 g/mol. The van der Waals surface area contributed by atoms with Crippen LogP contribution in [0.2, 0.25) is 0 Å². The van der Waals surface area contributed by atoms with E-state index in [1.807, 2.05) is 37.3 Å². The summed E-state index contributed by atoms with van der Waals surface area (Å²) in [6.45, 7) is 2.61. The molecule has 31 heavy (non-hydrogen) atoms. The molecule has 1 heterocycles. The quantitative estimate of drug-likeness (QED) is 0.506. The predicted molar refractivity (Wildman–Crippen MR) is 118 cm³/mol. The third-order valence-corrected chi connectivity index (χ3v) is 6.05. The van der Waals surface area contributed by atoms with Gasteiger partial charge >= 0.3 is 0 Å². The fourth-order valence-electron chi connectivity index (χ4n) is 2.99. The molecule has 7 nitrogen and oxygen atoms in total. The van der Waals surface area contributed by atoms with Crippen molar-refractivity contribution in [3.05, 3.63) is 90.3 Å². The summed E-state index contributed by atoms with van der Waals surface area (Å²) in [5, 5.41) is 2.81. The second-order valence-corrected chi connectivity index (χ2v) is 8.56. The number of nitrogens with zero attached hydrogens (tertiary/aromatic N) is 1. The number of hydrogen-bond acceptors (Lipinski definition) is 5. The van der Waals surface area contributed by atoms with Gasteiger partial charge in [0.05, 0.1) is 11.5 Å². The van der Waals surface area contributed by atoms with E-state index < -0.39 is 22.0 Å². The van der Waals surface area contributed by atoms with Crippen molar-refractivity contribution in [3.63, 3.8) is 0 Å². The van der Waals surface area contributed by atoms with Crippen LogP contribution < -0.4 is 14.8 Å². The van der Waals surface area contributed by atoms with Crippen LogP contribution in [-0.2, 0) is 27.8 Å². The number of sulfonamides is 1. The van der Waals surface area contributed by atoms with Crippen molar-refractivity contribution in [2.24, 2.45) is 0 Å². The largest absolute Gasteiger partial charge is 0.494 e. The van der Waals surface area contributed by atoms with Crippen LogP contribution in [0.4, 0.5) is 0 Å². The van der Waals surface area contributed by atoms with E-state index in [0.717, 1.165) is 11.1 Å². The van der Waals surface area contributed by atoms with E-state index >= 15 is 0 Å². The highest BCUT2D eigenvalue weighted by atomic mass is 32.2. The number of nitrogens with one attached hydrogen (secondary N) is 2. The average Bonchev–Trinajstić information content (AvgIpc) is 2.79. The van der Waals surface area contributed by atoms with E-state index in [-0.39, 0.29) is 17.9 Å². The predicted octanol–water partition coefficient (Wildman–Crippen LogP) is 2.69. The third-order valence-electron chi connectivity index (χ3n) is 4.56. The molecule has 1 unspecified atom stereocenters. The summed E-state index contributed by atoms with van der Waals surface area (Å²) in [7, 11) is -3.92. The standard InChI is InChI=1S/C23H25N3O4S/c1-2-30-20-8-10-21(11-9-20)31(28,29)26-22(16-18-6-4-3-5-7-18)23(27)25-17-19-12-14-24-15-13-19/h3-15,22,26H,2,16-17H2,1H3,(H,25,27). The van der Waals surface area contributed by atoms with Crippen LogP contribution in [0.5, 0.6) is 5.75 Å². The van der Waals surface area contributed by atoms with E-state index in [1.165, 1.54) is 12.1 Å². The van der Waals surface area contributed by atoms with Crippen molar-refractivity contribution < 1.29 is 17.9 Å². The lowest BCUT2D eigenvalue weighted by molar-refractivity contribution is -0.122. The number of amides is 1. The van der Waals surface area contributed by atoms with E-state index in [2.05, 4.69) is 15.0 Å².